The summed E-state index contributed by atoms with van der Waals surface area (Å²) in [5.74, 6) is 2.85. The van der Waals surface area contributed by atoms with Gasteiger partial charge in [0.25, 0.3) is 5.91 Å². The zero-order valence-corrected chi connectivity index (χ0v) is 12.1. The van der Waals surface area contributed by atoms with E-state index in [0.717, 1.165) is 5.56 Å². The van der Waals surface area contributed by atoms with Gasteiger partial charge in [0, 0.05) is 17.1 Å². The first-order chi connectivity index (χ1) is 10.2. The number of ether oxygens (including phenoxy) is 1. The van der Waals surface area contributed by atoms with E-state index in [1.54, 1.807) is 30.3 Å². The molecule has 3 nitrogen and oxygen atoms in total. The molecule has 2 aromatic rings. The third-order valence-corrected chi connectivity index (χ3v) is 3.20. The SMILES string of the molecule is C#CCOc1ccc(C(=O)NCc2ccccc2Cl)cc1. The maximum absolute atomic E-state index is 12.0. The van der Waals surface area contributed by atoms with Gasteiger partial charge in [0.2, 0.25) is 0 Å². The predicted molar refractivity (Wildman–Crippen MR) is 83.4 cm³/mol. The maximum atomic E-state index is 12.0. The van der Waals surface area contributed by atoms with Crippen molar-refractivity contribution in [1.29, 1.82) is 0 Å². The van der Waals surface area contributed by atoms with Crippen molar-refractivity contribution in [3.8, 4) is 18.1 Å². The Morgan fingerprint density at radius 1 is 1.19 bits per heavy atom. The lowest BCUT2D eigenvalue weighted by molar-refractivity contribution is 0.0951. The van der Waals surface area contributed by atoms with E-state index in [-0.39, 0.29) is 12.5 Å². The maximum Gasteiger partial charge on any atom is 0.251 e. The normalized spacial score (nSPS) is 9.71. The van der Waals surface area contributed by atoms with Crippen molar-refractivity contribution in [2.24, 2.45) is 0 Å². The fourth-order valence-corrected chi connectivity index (χ4v) is 1.95. The summed E-state index contributed by atoms with van der Waals surface area (Å²) in [4.78, 5) is 12.0. The van der Waals surface area contributed by atoms with E-state index in [1.807, 2.05) is 18.2 Å². The lowest BCUT2D eigenvalue weighted by atomic mass is 10.2. The lowest BCUT2D eigenvalue weighted by Gasteiger charge is -2.08. The smallest absolute Gasteiger partial charge is 0.251 e. The Morgan fingerprint density at radius 3 is 2.57 bits per heavy atom. The molecule has 0 fully saturated rings. The number of hydrogen-bond donors (Lipinski definition) is 1. The molecular formula is C17H14ClNO2. The summed E-state index contributed by atoms with van der Waals surface area (Å²) >= 11 is 6.04. The van der Waals surface area contributed by atoms with Crippen LogP contribution in [0.25, 0.3) is 0 Å². The minimum Gasteiger partial charge on any atom is -0.481 e. The van der Waals surface area contributed by atoms with Crippen LogP contribution in [0.3, 0.4) is 0 Å². The van der Waals surface area contributed by atoms with E-state index in [1.165, 1.54) is 0 Å². The van der Waals surface area contributed by atoms with E-state index in [2.05, 4.69) is 11.2 Å². The standard InChI is InChI=1S/C17H14ClNO2/c1-2-11-21-15-9-7-13(8-10-15)17(20)19-12-14-5-3-4-6-16(14)18/h1,3-10H,11-12H2,(H,19,20). The molecule has 0 atom stereocenters. The van der Waals surface area contributed by atoms with Crippen LogP contribution >= 0.6 is 11.6 Å². The molecule has 0 saturated carbocycles. The van der Waals surface area contributed by atoms with Gasteiger partial charge in [-0.15, -0.1) is 6.42 Å². The molecule has 0 bridgehead atoms. The van der Waals surface area contributed by atoms with Crippen LogP contribution in [0, 0.1) is 12.3 Å². The molecule has 0 heterocycles. The summed E-state index contributed by atoms with van der Waals surface area (Å²) in [6, 6.07) is 14.2. The number of amides is 1. The van der Waals surface area contributed by atoms with Crippen LogP contribution in [0.1, 0.15) is 15.9 Å². The second-order valence-corrected chi connectivity index (χ2v) is 4.70. The van der Waals surface area contributed by atoms with Gasteiger partial charge in [-0.05, 0) is 35.9 Å². The zero-order valence-electron chi connectivity index (χ0n) is 11.3. The Hall–Kier alpha value is -2.44. The molecule has 106 valence electrons. The van der Waals surface area contributed by atoms with Crippen molar-refractivity contribution in [1.82, 2.24) is 5.32 Å². The molecule has 0 unspecified atom stereocenters. The van der Waals surface area contributed by atoms with Gasteiger partial charge in [-0.25, -0.2) is 0 Å². The Labute approximate surface area is 128 Å². The van der Waals surface area contributed by atoms with E-state index >= 15 is 0 Å². The third kappa shape index (κ3) is 4.27. The summed E-state index contributed by atoms with van der Waals surface area (Å²) in [5, 5.41) is 3.46. The van der Waals surface area contributed by atoms with Gasteiger partial charge in [0.1, 0.15) is 12.4 Å². The van der Waals surface area contributed by atoms with Gasteiger partial charge in [-0.1, -0.05) is 35.7 Å². The highest BCUT2D eigenvalue weighted by molar-refractivity contribution is 6.31. The molecule has 1 N–H and O–H groups in total. The summed E-state index contributed by atoms with van der Waals surface area (Å²) in [6.07, 6.45) is 5.11. The van der Waals surface area contributed by atoms with Crippen molar-refractivity contribution in [2.75, 3.05) is 6.61 Å². The number of benzene rings is 2. The van der Waals surface area contributed by atoms with Crippen LogP contribution in [-0.4, -0.2) is 12.5 Å². The molecule has 4 heteroatoms. The highest BCUT2D eigenvalue weighted by Crippen LogP contribution is 2.15. The van der Waals surface area contributed by atoms with Gasteiger partial charge in [-0.3, -0.25) is 4.79 Å². The topological polar surface area (TPSA) is 38.3 Å². The number of hydrogen-bond acceptors (Lipinski definition) is 2. The Bertz CT molecular complexity index is 659. The van der Waals surface area contributed by atoms with Crippen molar-refractivity contribution in [3.05, 3.63) is 64.7 Å². The molecule has 0 aliphatic heterocycles. The molecule has 0 aliphatic carbocycles. The van der Waals surface area contributed by atoms with Gasteiger partial charge in [0.05, 0.1) is 0 Å². The lowest BCUT2D eigenvalue weighted by Crippen LogP contribution is -2.22. The van der Waals surface area contributed by atoms with Crippen LogP contribution in [0.2, 0.25) is 5.02 Å². The molecule has 21 heavy (non-hydrogen) atoms. The largest absolute Gasteiger partial charge is 0.481 e. The fourth-order valence-electron chi connectivity index (χ4n) is 1.75. The molecule has 1 amide bonds. The summed E-state index contributed by atoms with van der Waals surface area (Å²) in [7, 11) is 0. The first-order valence-electron chi connectivity index (χ1n) is 6.38. The average molecular weight is 300 g/mol. The van der Waals surface area contributed by atoms with Crippen LogP contribution in [-0.2, 0) is 6.54 Å². The first-order valence-corrected chi connectivity index (χ1v) is 6.76. The van der Waals surface area contributed by atoms with E-state index in [9.17, 15) is 4.79 Å². The number of rotatable bonds is 5. The van der Waals surface area contributed by atoms with Gasteiger partial charge >= 0.3 is 0 Å². The number of halogens is 1. The average Bonchev–Trinajstić information content (AvgIpc) is 2.52. The molecule has 0 aromatic heterocycles. The first kappa shape index (κ1) is 15.0. The number of carbonyl (C=O) groups is 1. The third-order valence-electron chi connectivity index (χ3n) is 2.84. The van der Waals surface area contributed by atoms with Gasteiger partial charge in [-0.2, -0.15) is 0 Å². The summed E-state index contributed by atoms with van der Waals surface area (Å²) < 4.78 is 5.25. The van der Waals surface area contributed by atoms with Gasteiger partial charge < -0.3 is 10.1 Å². The second-order valence-electron chi connectivity index (χ2n) is 4.29. The number of carbonyl (C=O) groups excluding carboxylic acids is 1. The molecule has 2 aromatic carbocycles. The molecule has 0 saturated heterocycles. The van der Waals surface area contributed by atoms with Crippen LogP contribution in [0.4, 0.5) is 0 Å². The van der Waals surface area contributed by atoms with Crippen molar-refractivity contribution in [2.45, 2.75) is 6.54 Å². The van der Waals surface area contributed by atoms with Crippen LogP contribution in [0.5, 0.6) is 5.75 Å². The highest BCUT2D eigenvalue weighted by Gasteiger charge is 2.06. The zero-order chi connectivity index (χ0) is 15.1. The minimum absolute atomic E-state index is 0.168. The molecule has 2 rings (SSSR count). The fraction of sp³-hybridized carbons (Fsp3) is 0.118. The summed E-state index contributed by atoms with van der Waals surface area (Å²) in [6.45, 7) is 0.589. The molecule has 0 aliphatic rings. The monoisotopic (exact) mass is 299 g/mol. The van der Waals surface area contributed by atoms with E-state index in [0.29, 0.717) is 22.9 Å². The quantitative estimate of drug-likeness (QED) is 0.861. The van der Waals surface area contributed by atoms with Crippen molar-refractivity contribution >= 4 is 17.5 Å². The van der Waals surface area contributed by atoms with Crippen molar-refractivity contribution < 1.29 is 9.53 Å². The molecule has 0 spiro atoms. The predicted octanol–water partition coefficient (Wildman–Crippen LogP) is 3.28. The number of nitrogens with one attached hydrogen (secondary N) is 1. The van der Waals surface area contributed by atoms with Crippen molar-refractivity contribution in [3.63, 3.8) is 0 Å². The van der Waals surface area contributed by atoms with E-state index in [4.69, 9.17) is 22.8 Å². The van der Waals surface area contributed by atoms with Crippen LogP contribution < -0.4 is 10.1 Å². The Kier molecular flexibility index (Phi) is 5.25. The number of terminal acetylenes is 1. The second kappa shape index (κ2) is 7.37. The summed E-state index contributed by atoms with van der Waals surface area (Å²) in [5.41, 5.74) is 1.43. The molecular weight excluding hydrogens is 286 g/mol. The minimum atomic E-state index is -0.168. The van der Waals surface area contributed by atoms with Crippen LogP contribution in [0.15, 0.2) is 48.5 Å². The Balaban J connectivity index is 1.94. The van der Waals surface area contributed by atoms with E-state index < -0.39 is 0 Å². The molecule has 0 radical (unpaired) electrons. The highest BCUT2D eigenvalue weighted by atomic mass is 35.5. The van der Waals surface area contributed by atoms with Gasteiger partial charge in [0.15, 0.2) is 0 Å². The Morgan fingerprint density at radius 2 is 1.90 bits per heavy atom.